The number of rotatable bonds is 5. The molecule has 2 aromatic carbocycles. The molecule has 0 spiro atoms. The van der Waals surface area contributed by atoms with Crippen LogP contribution in [0.3, 0.4) is 0 Å². The fourth-order valence-electron chi connectivity index (χ4n) is 3.38. The third-order valence-electron chi connectivity index (χ3n) is 4.88. The van der Waals surface area contributed by atoms with Gasteiger partial charge in [0.15, 0.2) is 10.4 Å². The van der Waals surface area contributed by atoms with Gasteiger partial charge in [-0.25, -0.2) is 5.01 Å². The van der Waals surface area contributed by atoms with Crippen LogP contribution in [0.15, 0.2) is 68.8 Å². The zero-order valence-corrected chi connectivity index (χ0v) is 18.6. The van der Waals surface area contributed by atoms with Gasteiger partial charge in [-0.2, -0.15) is 5.10 Å². The summed E-state index contributed by atoms with van der Waals surface area (Å²) in [6.07, 6.45) is 0.512. The first-order valence-electron chi connectivity index (χ1n) is 9.14. The van der Waals surface area contributed by atoms with Crippen molar-refractivity contribution in [2.75, 3.05) is 14.2 Å². The fourth-order valence-corrected chi connectivity index (χ4v) is 3.82. The molecule has 30 heavy (non-hydrogen) atoms. The van der Waals surface area contributed by atoms with Gasteiger partial charge in [0.05, 0.1) is 26.0 Å². The normalized spacial score (nSPS) is 15.8. The van der Waals surface area contributed by atoms with Gasteiger partial charge >= 0.3 is 5.91 Å². The van der Waals surface area contributed by atoms with E-state index in [-0.39, 0.29) is 17.7 Å². The van der Waals surface area contributed by atoms with E-state index in [9.17, 15) is 4.79 Å². The summed E-state index contributed by atoms with van der Waals surface area (Å²) in [6, 6.07) is 15.9. The van der Waals surface area contributed by atoms with Gasteiger partial charge in [0.1, 0.15) is 11.5 Å². The molecule has 0 saturated carbocycles. The first kappa shape index (κ1) is 20.5. The van der Waals surface area contributed by atoms with Crippen molar-refractivity contribution in [2.24, 2.45) is 5.10 Å². The van der Waals surface area contributed by atoms with Gasteiger partial charge in [0.2, 0.25) is 0 Å². The van der Waals surface area contributed by atoms with Gasteiger partial charge in [0.25, 0.3) is 0 Å². The van der Waals surface area contributed by atoms with E-state index in [1.165, 1.54) is 5.01 Å². The Bertz CT molecular complexity index is 1110. The van der Waals surface area contributed by atoms with Crippen molar-refractivity contribution in [2.45, 2.75) is 12.5 Å². The molecule has 1 aliphatic heterocycles. The second kappa shape index (κ2) is 8.53. The lowest BCUT2D eigenvalue weighted by molar-refractivity contribution is 0.0677. The van der Waals surface area contributed by atoms with Gasteiger partial charge in [0, 0.05) is 23.1 Å². The minimum Gasteiger partial charge on any atom is -0.497 e. The first-order chi connectivity index (χ1) is 14.5. The third kappa shape index (κ3) is 3.95. The highest BCUT2D eigenvalue weighted by atomic mass is 79.9. The number of furan rings is 1. The van der Waals surface area contributed by atoms with Crippen molar-refractivity contribution < 1.29 is 18.7 Å². The SMILES string of the molecule is COc1ccc(C2=NN(C(=O)c3ccc(Br)o3)C(c3ccc(Cl)cc3)C2)c(OC)c1. The van der Waals surface area contributed by atoms with Crippen LogP contribution in [0, 0.1) is 0 Å². The molecule has 3 aromatic rings. The van der Waals surface area contributed by atoms with E-state index in [4.69, 9.17) is 25.5 Å². The molecular formula is C22H18BrClN2O4. The summed E-state index contributed by atoms with van der Waals surface area (Å²) < 4.78 is 16.8. The Morgan fingerprint density at radius 3 is 2.53 bits per heavy atom. The molecule has 2 heterocycles. The van der Waals surface area contributed by atoms with E-state index in [1.54, 1.807) is 44.6 Å². The molecule has 8 heteroatoms. The Labute approximate surface area is 187 Å². The third-order valence-corrected chi connectivity index (χ3v) is 5.55. The fraction of sp³-hybridized carbons (Fsp3) is 0.182. The molecule has 6 nitrogen and oxygen atoms in total. The van der Waals surface area contributed by atoms with E-state index in [1.807, 2.05) is 24.3 Å². The Balaban J connectivity index is 1.75. The van der Waals surface area contributed by atoms with Crippen molar-refractivity contribution in [3.05, 3.63) is 81.2 Å². The van der Waals surface area contributed by atoms with Gasteiger partial charge in [-0.3, -0.25) is 4.79 Å². The number of methoxy groups -OCH3 is 2. The van der Waals surface area contributed by atoms with Crippen molar-refractivity contribution in [3.8, 4) is 11.5 Å². The summed E-state index contributed by atoms with van der Waals surface area (Å²) in [7, 11) is 3.19. The van der Waals surface area contributed by atoms with E-state index in [0.717, 1.165) is 16.8 Å². The molecule has 154 valence electrons. The quantitative estimate of drug-likeness (QED) is 0.461. The second-order valence-corrected chi connectivity index (χ2v) is 7.86. The molecule has 0 fully saturated rings. The maximum atomic E-state index is 13.2. The second-order valence-electron chi connectivity index (χ2n) is 6.64. The molecule has 0 radical (unpaired) electrons. The van der Waals surface area contributed by atoms with Crippen molar-refractivity contribution in [3.63, 3.8) is 0 Å². The lowest BCUT2D eigenvalue weighted by Gasteiger charge is -2.21. The Morgan fingerprint density at radius 1 is 1.13 bits per heavy atom. The molecule has 1 aliphatic rings. The van der Waals surface area contributed by atoms with Crippen LogP contribution >= 0.6 is 27.5 Å². The van der Waals surface area contributed by atoms with Gasteiger partial charge in [-0.05, 0) is 57.9 Å². The topological polar surface area (TPSA) is 64.3 Å². The highest BCUT2D eigenvalue weighted by molar-refractivity contribution is 9.10. The highest BCUT2D eigenvalue weighted by Gasteiger charge is 2.35. The predicted octanol–water partition coefficient (Wildman–Crippen LogP) is 5.70. The smallest absolute Gasteiger partial charge is 0.310 e. The summed E-state index contributed by atoms with van der Waals surface area (Å²) >= 11 is 9.29. The zero-order valence-electron chi connectivity index (χ0n) is 16.3. The molecule has 1 atom stereocenters. The number of carbonyl (C=O) groups is 1. The molecule has 0 saturated heterocycles. The summed E-state index contributed by atoms with van der Waals surface area (Å²) in [4.78, 5) is 13.2. The van der Waals surface area contributed by atoms with Crippen molar-refractivity contribution in [1.29, 1.82) is 0 Å². The van der Waals surface area contributed by atoms with E-state index >= 15 is 0 Å². The lowest BCUT2D eigenvalue weighted by atomic mass is 9.97. The number of ether oxygens (including phenoxy) is 2. The van der Waals surface area contributed by atoms with Gasteiger partial charge in [-0.15, -0.1) is 0 Å². The van der Waals surface area contributed by atoms with Crippen LogP contribution in [-0.4, -0.2) is 30.8 Å². The molecule has 0 N–H and O–H groups in total. The number of hydrazone groups is 1. The van der Waals surface area contributed by atoms with Crippen LogP contribution in [0.5, 0.6) is 11.5 Å². The van der Waals surface area contributed by atoms with E-state index < -0.39 is 0 Å². The minimum absolute atomic E-state index is 0.201. The van der Waals surface area contributed by atoms with Crippen LogP contribution in [0.25, 0.3) is 0 Å². The van der Waals surface area contributed by atoms with Gasteiger partial charge in [-0.1, -0.05) is 23.7 Å². The van der Waals surface area contributed by atoms with Crippen LogP contribution in [0.1, 0.15) is 34.1 Å². The molecule has 0 bridgehead atoms. The Hall–Kier alpha value is -2.77. The molecule has 1 aromatic heterocycles. The maximum Gasteiger partial charge on any atom is 0.310 e. The summed E-state index contributed by atoms with van der Waals surface area (Å²) in [6.45, 7) is 0. The summed E-state index contributed by atoms with van der Waals surface area (Å²) in [5, 5.41) is 6.74. The predicted molar refractivity (Wildman–Crippen MR) is 117 cm³/mol. The zero-order chi connectivity index (χ0) is 21.3. The molecular weight excluding hydrogens is 472 g/mol. The largest absolute Gasteiger partial charge is 0.497 e. The van der Waals surface area contributed by atoms with Crippen LogP contribution < -0.4 is 9.47 Å². The molecule has 1 amide bonds. The number of hydrogen-bond donors (Lipinski definition) is 0. The monoisotopic (exact) mass is 488 g/mol. The summed E-state index contributed by atoms with van der Waals surface area (Å²) in [5.41, 5.74) is 2.45. The molecule has 0 aliphatic carbocycles. The number of nitrogens with zero attached hydrogens (tertiary/aromatic N) is 2. The lowest BCUT2D eigenvalue weighted by Crippen LogP contribution is -2.26. The van der Waals surface area contributed by atoms with Crippen molar-refractivity contribution in [1.82, 2.24) is 5.01 Å². The van der Waals surface area contributed by atoms with E-state index in [2.05, 4.69) is 21.0 Å². The van der Waals surface area contributed by atoms with Crippen LogP contribution in [0.4, 0.5) is 0 Å². The van der Waals surface area contributed by atoms with Crippen LogP contribution in [-0.2, 0) is 0 Å². The number of halogens is 2. The Morgan fingerprint density at radius 2 is 1.90 bits per heavy atom. The molecule has 4 rings (SSSR count). The number of carbonyl (C=O) groups excluding carboxylic acids is 1. The average molecular weight is 490 g/mol. The molecule has 1 unspecified atom stereocenters. The minimum atomic E-state index is -0.330. The number of amides is 1. The van der Waals surface area contributed by atoms with E-state index in [0.29, 0.717) is 27.6 Å². The summed E-state index contributed by atoms with van der Waals surface area (Å²) in [5.74, 6) is 1.17. The average Bonchev–Trinajstić information content (AvgIpc) is 3.40. The van der Waals surface area contributed by atoms with Crippen molar-refractivity contribution >= 4 is 39.1 Å². The number of benzene rings is 2. The Kier molecular flexibility index (Phi) is 5.83. The number of hydrogen-bond acceptors (Lipinski definition) is 5. The maximum absolute atomic E-state index is 13.2. The highest BCUT2D eigenvalue weighted by Crippen LogP contribution is 2.37. The first-order valence-corrected chi connectivity index (χ1v) is 10.3. The standard InChI is InChI=1S/C22H18BrClN2O4/c1-28-15-7-8-16(20(11-15)29-2)17-12-18(13-3-5-14(24)6-4-13)26(25-17)22(27)19-9-10-21(23)30-19/h3-11,18H,12H2,1-2H3. The van der Waals surface area contributed by atoms with Gasteiger partial charge < -0.3 is 13.9 Å². The van der Waals surface area contributed by atoms with Crippen LogP contribution in [0.2, 0.25) is 5.02 Å².